The third-order valence-corrected chi connectivity index (χ3v) is 4.66. The van der Waals surface area contributed by atoms with Gasteiger partial charge in [-0.3, -0.25) is 4.79 Å². The Kier molecular flexibility index (Phi) is 6.40. The molecule has 0 spiro atoms. The van der Waals surface area contributed by atoms with Crippen molar-refractivity contribution in [1.29, 1.82) is 0 Å². The van der Waals surface area contributed by atoms with E-state index in [9.17, 15) is 45.3 Å². The Hall–Kier alpha value is -1.42. The van der Waals surface area contributed by atoms with Crippen LogP contribution in [0.2, 0.25) is 0 Å². The molecule has 2 aliphatic rings. The van der Waals surface area contributed by atoms with Crippen LogP contribution in [0.3, 0.4) is 0 Å². The van der Waals surface area contributed by atoms with Crippen LogP contribution in [0.25, 0.3) is 0 Å². The molecule has 2 unspecified atom stereocenters. The molecule has 0 aliphatic carbocycles. The van der Waals surface area contributed by atoms with Gasteiger partial charge in [-0.15, -0.1) is 0 Å². The van der Waals surface area contributed by atoms with Gasteiger partial charge < -0.3 is 55.6 Å². The second-order valence-electron chi connectivity index (χ2n) is 6.54. The first-order valence-corrected chi connectivity index (χ1v) is 8.02. The zero-order chi connectivity index (χ0) is 20.7. The molecule has 2 heterocycles. The predicted molar refractivity (Wildman–Crippen MR) is 80.8 cm³/mol. The number of carbonyl (C=O) groups is 2. The average Bonchev–Trinajstić information content (AvgIpc) is 2.59. The van der Waals surface area contributed by atoms with Crippen molar-refractivity contribution in [3.8, 4) is 0 Å². The molecule has 0 saturated carbocycles. The number of carboxylic acids is 1. The molecule has 2 fully saturated rings. The second kappa shape index (κ2) is 7.90. The number of aliphatic hydroxyl groups excluding tert-OH is 6. The van der Waals surface area contributed by atoms with E-state index in [0.29, 0.717) is 0 Å². The summed E-state index contributed by atoms with van der Waals surface area (Å²) in [5, 5.41) is 81.6. The zero-order valence-electron chi connectivity index (χ0n) is 14.1. The van der Waals surface area contributed by atoms with E-state index in [0.717, 1.165) is 6.92 Å². The van der Waals surface area contributed by atoms with Crippen LogP contribution in [0, 0.1) is 0 Å². The Bertz CT molecular complexity index is 574. The quantitative estimate of drug-likeness (QED) is 0.216. The first-order valence-electron chi connectivity index (χ1n) is 8.02. The van der Waals surface area contributed by atoms with E-state index in [1.54, 1.807) is 0 Å². The van der Waals surface area contributed by atoms with E-state index in [4.69, 9.17) is 14.6 Å². The van der Waals surface area contributed by atoms with Crippen LogP contribution >= 0.6 is 0 Å². The van der Waals surface area contributed by atoms with Gasteiger partial charge in [-0.1, -0.05) is 0 Å². The van der Waals surface area contributed by atoms with Crippen LogP contribution < -0.4 is 5.32 Å². The molecule has 9 N–H and O–H groups in total. The summed E-state index contributed by atoms with van der Waals surface area (Å²) < 4.78 is 10.2. The molecule has 156 valence electrons. The highest BCUT2D eigenvalue weighted by atomic mass is 16.7. The molecule has 2 rings (SSSR count). The van der Waals surface area contributed by atoms with E-state index in [-0.39, 0.29) is 0 Å². The van der Waals surface area contributed by atoms with Crippen molar-refractivity contribution in [2.45, 2.75) is 67.6 Å². The van der Waals surface area contributed by atoms with E-state index < -0.39 is 79.1 Å². The van der Waals surface area contributed by atoms with E-state index in [1.165, 1.54) is 0 Å². The number of ether oxygens (including phenoxy) is 2. The third kappa shape index (κ3) is 3.78. The predicted octanol–water partition coefficient (Wildman–Crippen LogP) is -5.77. The van der Waals surface area contributed by atoms with Crippen molar-refractivity contribution in [3.05, 3.63) is 0 Å². The summed E-state index contributed by atoms with van der Waals surface area (Å²) in [7, 11) is 0. The van der Waals surface area contributed by atoms with Gasteiger partial charge in [0.15, 0.2) is 6.10 Å². The van der Waals surface area contributed by atoms with Gasteiger partial charge in [0.05, 0.1) is 6.61 Å². The summed E-state index contributed by atoms with van der Waals surface area (Å²) in [5.74, 6) is -5.41. The van der Waals surface area contributed by atoms with Crippen molar-refractivity contribution < 1.29 is 59.9 Å². The standard InChI is InChI=1S/C14H23NO12/c1-3(17)15-11-8(21)5(18)4(2-16)27-14(11,25)12-9(22)6(19)7(20)10(26-12)13(23)24/h4-12,16,18-22,25H,2H2,1H3,(H,15,17)(H,23,24)/t4-,5+,6+,7+,8+,9-,10+,11-,12?,14?/m1/s1. The van der Waals surface area contributed by atoms with Crippen LogP contribution in [0.5, 0.6) is 0 Å². The minimum atomic E-state index is -2.88. The number of carboxylic acid groups (broad SMARTS) is 1. The maximum atomic E-state index is 11.4. The molecule has 1 amide bonds. The molecule has 10 atom stereocenters. The lowest BCUT2D eigenvalue weighted by Gasteiger charge is -2.53. The van der Waals surface area contributed by atoms with E-state index in [1.807, 2.05) is 0 Å². The smallest absolute Gasteiger partial charge is 0.335 e. The maximum Gasteiger partial charge on any atom is 0.335 e. The molecule has 0 aromatic carbocycles. The van der Waals surface area contributed by atoms with Crippen LogP contribution in [0.4, 0.5) is 0 Å². The molecule has 0 aromatic heterocycles. The molecule has 2 saturated heterocycles. The number of aliphatic hydroxyl groups is 7. The summed E-state index contributed by atoms with van der Waals surface area (Å²) in [6.45, 7) is 0.109. The molecule has 13 nitrogen and oxygen atoms in total. The lowest BCUT2D eigenvalue weighted by molar-refractivity contribution is -0.382. The number of hydrogen-bond acceptors (Lipinski definition) is 11. The number of hydrogen-bond donors (Lipinski definition) is 9. The van der Waals surface area contributed by atoms with Gasteiger partial charge >= 0.3 is 5.97 Å². The van der Waals surface area contributed by atoms with Crippen LogP contribution in [-0.4, -0.2) is 120 Å². The first-order chi connectivity index (χ1) is 12.5. The Morgan fingerprint density at radius 3 is 2.07 bits per heavy atom. The van der Waals surface area contributed by atoms with Crippen LogP contribution in [0.1, 0.15) is 6.92 Å². The van der Waals surface area contributed by atoms with Gasteiger partial charge in [-0.25, -0.2) is 4.79 Å². The number of aliphatic carboxylic acids is 1. The third-order valence-electron chi connectivity index (χ3n) is 4.66. The van der Waals surface area contributed by atoms with E-state index in [2.05, 4.69) is 5.32 Å². The number of nitrogens with one attached hydrogen (secondary N) is 1. The second-order valence-corrected chi connectivity index (χ2v) is 6.54. The van der Waals surface area contributed by atoms with Gasteiger partial charge in [0, 0.05) is 6.92 Å². The van der Waals surface area contributed by atoms with Gasteiger partial charge in [0.2, 0.25) is 11.7 Å². The van der Waals surface area contributed by atoms with E-state index >= 15 is 0 Å². The first kappa shape index (κ1) is 21.9. The fourth-order valence-corrected chi connectivity index (χ4v) is 3.27. The molecule has 2 aliphatic heterocycles. The van der Waals surface area contributed by atoms with Crippen molar-refractivity contribution in [1.82, 2.24) is 5.32 Å². The number of amides is 1. The van der Waals surface area contributed by atoms with Gasteiger partial charge in [0.25, 0.3) is 0 Å². The summed E-state index contributed by atoms with van der Waals surface area (Å²) in [6, 6.07) is -1.84. The van der Waals surface area contributed by atoms with Crippen molar-refractivity contribution >= 4 is 11.9 Å². The summed E-state index contributed by atoms with van der Waals surface area (Å²) in [4.78, 5) is 22.7. The van der Waals surface area contributed by atoms with Crippen molar-refractivity contribution in [3.63, 3.8) is 0 Å². The van der Waals surface area contributed by atoms with Crippen LogP contribution in [-0.2, 0) is 19.1 Å². The molecule has 27 heavy (non-hydrogen) atoms. The summed E-state index contributed by atoms with van der Waals surface area (Å²) in [6.07, 6.45) is -15.7. The monoisotopic (exact) mass is 397 g/mol. The summed E-state index contributed by atoms with van der Waals surface area (Å²) >= 11 is 0. The molecule has 0 bridgehead atoms. The SMILES string of the molecule is CC(=O)N[C@@H]1[C@@H](O)[C@@H](O)[C@@H](CO)OC1(O)C1O[C@H](C(=O)O)[C@@H](O)[C@H](O)[C@H]1O. The Morgan fingerprint density at radius 2 is 1.59 bits per heavy atom. The van der Waals surface area contributed by atoms with Gasteiger partial charge in [-0.05, 0) is 0 Å². The van der Waals surface area contributed by atoms with Gasteiger partial charge in [-0.2, -0.15) is 0 Å². The lowest BCUT2D eigenvalue weighted by Crippen LogP contribution is -2.78. The van der Waals surface area contributed by atoms with Gasteiger partial charge in [0.1, 0.15) is 48.8 Å². The fraction of sp³-hybridized carbons (Fsp3) is 0.857. The lowest BCUT2D eigenvalue weighted by atomic mass is 9.81. The molecular weight excluding hydrogens is 374 g/mol. The number of rotatable bonds is 4. The van der Waals surface area contributed by atoms with Crippen LogP contribution in [0.15, 0.2) is 0 Å². The maximum absolute atomic E-state index is 11.4. The zero-order valence-corrected chi connectivity index (χ0v) is 14.1. The normalized spacial score (nSPS) is 48.1. The largest absolute Gasteiger partial charge is 0.479 e. The molecule has 0 radical (unpaired) electrons. The molecule has 0 aromatic rings. The fourth-order valence-electron chi connectivity index (χ4n) is 3.27. The molecular formula is C14H23NO12. The number of carbonyl (C=O) groups excluding carboxylic acids is 1. The highest BCUT2D eigenvalue weighted by molar-refractivity contribution is 5.74. The Balaban J connectivity index is 2.47. The minimum absolute atomic E-state index is 0.795. The highest BCUT2D eigenvalue weighted by Gasteiger charge is 2.63. The minimum Gasteiger partial charge on any atom is -0.479 e. The topological polar surface area (TPSA) is 226 Å². The van der Waals surface area contributed by atoms with Crippen molar-refractivity contribution in [2.24, 2.45) is 0 Å². The van der Waals surface area contributed by atoms with Crippen molar-refractivity contribution in [2.75, 3.05) is 6.61 Å². The highest BCUT2D eigenvalue weighted by Crippen LogP contribution is 2.37. The Labute approximate surface area is 152 Å². The molecule has 13 heteroatoms. The summed E-state index contributed by atoms with van der Waals surface area (Å²) in [5.41, 5.74) is 0. The average molecular weight is 397 g/mol. The Morgan fingerprint density at radius 1 is 1.00 bits per heavy atom.